The summed E-state index contributed by atoms with van der Waals surface area (Å²) in [5.74, 6) is 2.62. The minimum absolute atomic E-state index is 0.782. The molecule has 1 aromatic carbocycles. The molecule has 140 valence electrons. The fraction of sp³-hybridized carbons (Fsp3) is 0.250. The topological polar surface area (TPSA) is 75.3 Å². The number of fused-ring (bicyclic) bond motifs is 1. The Morgan fingerprint density at radius 3 is 2.32 bits per heavy atom. The highest BCUT2D eigenvalue weighted by molar-refractivity contribution is 5.69. The monoisotopic (exact) mass is 372 g/mol. The van der Waals surface area contributed by atoms with E-state index in [2.05, 4.69) is 35.2 Å². The molecule has 3 aromatic heterocycles. The standard InChI is InChI=1S/C20H20N8/c1-15-7-8-17(23-22-15)26-11-13-27(14-12-26)19-20-25-24-18(28(20)10-9-21-19)16-5-3-2-4-6-16/h2-10H,11-14H2,1H3. The first kappa shape index (κ1) is 16.6. The van der Waals surface area contributed by atoms with Gasteiger partial charge in [0, 0.05) is 44.1 Å². The molecule has 0 unspecified atom stereocenters. The van der Waals surface area contributed by atoms with Crippen molar-refractivity contribution >= 4 is 17.3 Å². The molecule has 0 spiro atoms. The largest absolute Gasteiger partial charge is 0.352 e. The highest BCUT2D eigenvalue weighted by atomic mass is 15.4. The zero-order valence-corrected chi connectivity index (χ0v) is 15.6. The lowest BCUT2D eigenvalue weighted by atomic mass is 10.2. The molecule has 1 fully saturated rings. The molecule has 8 heteroatoms. The van der Waals surface area contributed by atoms with Crippen LogP contribution in [0.15, 0.2) is 54.9 Å². The molecule has 5 rings (SSSR count). The lowest BCUT2D eigenvalue weighted by Gasteiger charge is -2.35. The van der Waals surface area contributed by atoms with Gasteiger partial charge in [0.2, 0.25) is 5.65 Å². The summed E-state index contributed by atoms with van der Waals surface area (Å²) in [4.78, 5) is 9.12. The van der Waals surface area contributed by atoms with E-state index in [1.165, 1.54) is 0 Å². The molecule has 28 heavy (non-hydrogen) atoms. The van der Waals surface area contributed by atoms with Crippen molar-refractivity contribution in [2.45, 2.75) is 6.92 Å². The van der Waals surface area contributed by atoms with E-state index < -0.39 is 0 Å². The van der Waals surface area contributed by atoms with E-state index in [-0.39, 0.29) is 0 Å². The maximum absolute atomic E-state index is 4.60. The second-order valence-corrected chi connectivity index (χ2v) is 6.84. The van der Waals surface area contributed by atoms with Gasteiger partial charge in [-0.1, -0.05) is 30.3 Å². The van der Waals surface area contributed by atoms with Gasteiger partial charge >= 0.3 is 0 Å². The van der Waals surface area contributed by atoms with Crippen LogP contribution >= 0.6 is 0 Å². The van der Waals surface area contributed by atoms with Crippen molar-refractivity contribution in [2.24, 2.45) is 0 Å². The van der Waals surface area contributed by atoms with Gasteiger partial charge in [-0.25, -0.2) is 4.98 Å². The Labute approximate surface area is 162 Å². The Bertz CT molecular complexity index is 1080. The van der Waals surface area contributed by atoms with E-state index in [1.54, 1.807) is 0 Å². The van der Waals surface area contributed by atoms with E-state index in [0.29, 0.717) is 0 Å². The first-order valence-corrected chi connectivity index (χ1v) is 9.35. The van der Waals surface area contributed by atoms with Gasteiger partial charge < -0.3 is 9.80 Å². The summed E-state index contributed by atoms with van der Waals surface area (Å²) in [6.45, 7) is 5.36. The zero-order valence-electron chi connectivity index (χ0n) is 15.6. The average Bonchev–Trinajstić information content (AvgIpc) is 3.19. The van der Waals surface area contributed by atoms with Crippen LogP contribution in [0, 0.1) is 6.92 Å². The number of rotatable bonds is 3. The minimum Gasteiger partial charge on any atom is -0.352 e. The number of aryl methyl sites for hydroxylation is 1. The predicted octanol–water partition coefficient (Wildman–Crippen LogP) is 2.22. The summed E-state index contributed by atoms with van der Waals surface area (Å²) < 4.78 is 2.01. The summed E-state index contributed by atoms with van der Waals surface area (Å²) in [6.07, 6.45) is 3.73. The average molecular weight is 372 g/mol. The molecule has 4 aromatic rings. The quantitative estimate of drug-likeness (QED) is 0.546. The van der Waals surface area contributed by atoms with E-state index in [1.807, 2.05) is 66.2 Å². The molecule has 1 aliphatic heterocycles. The lowest BCUT2D eigenvalue weighted by Crippen LogP contribution is -2.47. The van der Waals surface area contributed by atoms with E-state index in [4.69, 9.17) is 0 Å². The van der Waals surface area contributed by atoms with Gasteiger partial charge in [0.15, 0.2) is 17.5 Å². The summed E-state index contributed by atoms with van der Waals surface area (Å²) in [7, 11) is 0. The normalized spacial score (nSPS) is 14.6. The number of nitrogens with zero attached hydrogens (tertiary/aromatic N) is 8. The molecule has 0 bridgehead atoms. The van der Waals surface area contributed by atoms with Gasteiger partial charge in [-0.3, -0.25) is 4.40 Å². The van der Waals surface area contributed by atoms with Gasteiger partial charge in [-0.15, -0.1) is 15.3 Å². The fourth-order valence-electron chi connectivity index (χ4n) is 3.53. The maximum Gasteiger partial charge on any atom is 0.204 e. The molecule has 0 aliphatic carbocycles. The Kier molecular flexibility index (Phi) is 4.08. The highest BCUT2D eigenvalue weighted by Gasteiger charge is 2.22. The number of piperazine rings is 1. The Hall–Kier alpha value is -3.55. The molecular weight excluding hydrogens is 352 g/mol. The second kappa shape index (κ2) is 6.88. The lowest BCUT2D eigenvalue weighted by molar-refractivity contribution is 0.637. The fourth-order valence-corrected chi connectivity index (χ4v) is 3.53. The number of benzene rings is 1. The smallest absolute Gasteiger partial charge is 0.204 e. The minimum atomic E-state index is 0.782. The molecule has 1 saturated heterocycles. The number of hydrogen-bond donors (Lipinski definition) is 0. The van der Waals surface area contributed by atoms with Crippen LogP contribution in [0.4, 0.5) is 11.6 Å². The molecule has 4 heterocycles. The molecule has 0 amide bonds. The van der Waals surface area contributed by atoms with E-state index in [9.17, 15) is 0 Å². The molecular formula is C20H20N8. The Balaban J connectivity index is 1.40. The van der Waals surface area contributed by atoms with Gasteiger partial charge in [0.1, 0.15) is 0 Å². The van der Waals surface area contributed by atoms with Gasteiger partial charge in [-0.2, -0.15) is 5.10 Å². The summed E-state index contributed by atoms with van der Waals surface area (Å²) in [5, 5.41) is 17.3. The van der Waals surface area contributed by atoms with Crippen LogP contribution < -0.4 is 9.80 Å². The molecule has 0 radical (unpaired) electrons. The van der Waals surface area contributed by atoms with Crippen LogP contribution in [0.5, 0.6) is 0 Å². The second-order valence-electron chi connectivity index (χ2n) is 6.84. The zero-order chi connectivity index (χ0) is 18.9. The van der Waals surface area contributed by atoms with Crippen molar-refractivity contribution in [1.29, 1.82) is 0 Å². The van der Waals surface area contributed by atoms with E-state index >= 15 is 0 Å². The van der Waals surface area contributed by atoms with Crippen molar-refractivity contribution in [1.82, 2.24) is 29.8 Å². The summed E-state index contributed by atoms with van der Waals surface area (Å²) in [5.41, 5.74) is 2.75. The van der Waals surface area contributed by atoms with Crippen LogP contribution in [-0.2, 0) is 0 Å². The van der Waals surface area contributed by atoms with E-state index in [0.717, 1.165) is 60.5 Å². The number of aromatic nitrogens is 6. The molecule has 0 N–H and O–H groups in total. The highest BCUT2D eigenvalue weighted by Crippen LogP contribution is 2.24. The van der Waals surface area contributed by atoms with Crippen molar-refractivity contribution < 1.29 is 0 Å². The maximum atomic E-state index is 4.60. The first-order chi connectivity index (χ1) is 13.8. The van der Waals surface area contributed by atoms with Crippen molar-refractivity contribution in [3.8, 4) is 11.4 Å². The van der Waals surface area contributed by atoms with Crippen LogP contribution in [0.2, 0.25) is 0 Å². The van der Waals surface area contributed by atoms with Crippen LogP contribution in [0.25, 0.3) is 17.0 Å². The summed E-state index contributed by atoms with van der Waals surface area (Å²) in [6, 6.07) is 14.1. The third-order valence-electron chi connectivity index (χ3n) is 5.03. The van der Waals surface area contributed by atoms with Crippen LogP contribution in [-0.4, -0.2) is 56.0 Å². The van der Waals surface area contributed by atoms with Crippen molar-refractivity contribution in [2.75, 3.05) is 36.0 Å². The summed E-state index contributed by atoms with van der Waals surface area (Å²) >= 11 is 0. The van der Waals surface area contributed by atoms with Gasteiger partial charge in [-0.05, 0) is 19.1 Å². The molecule has 0 atom stereocenters. The SMILES string of the molecule is Cc1ccc(N2CCN(c3nccn4c(-c5ccccc5)nnc34)CC2)nn1. The predicted molar refractivity (Wildman–Crippen MR) is 107 cm³/mol. The number of anilines is 2. The number of hydrogen-bond acceptors (Lipinski definition) is 7. The molecule has 0 saturated carbocycles. The third-order valence-corrected chi connectivity index (χ3v) is 5.03. The Morgan fingerprint density at radius 2 is 1.57 bits per heavy atom. The van der Waals surface area contributed by atoms with Gasteiger partial charge in [0.25, 0.3) is 0 Å². The first-order valence-electron chi connectivity index (χ1n) is 9.35. The van der Waals surface area contributed by atoms with Gasteiger partial charge in [0.05, 0.1) is 5.69 Å². The Morgan fingerprint density at radius 1 is 0.786 bits per heavy atom. The van der Waals surface area contributed by atoms with Crippen LogP contribution in [0.1, 0.15) is 5.69 Å². The van der Waals surface area contributed by atoms with Crippen molar-refractivity contribution in [3.63, 3.8) is 0 Å². The molecule has 1 aliphatic rings. The third kappa shape index (κ3) is 2.92. The van der Waals surface area contributed by atoms with Crippen molar-refractivity contribution in [3.05, 3.63) is 60.6 Å². The molecule has 8 nitrogen and oxygen atoms in total. The van der Waals surface area contributed by atoms with Crippen LogP contribution in [0.3, 0.4) is 0 Å².